The number of nitrogens with zero attached hydrogens (tertiary/aromatic N) is 5. The summed E-state index contributed by atoms with van der Waals surface area (Å²) in [4.78, 5) is 40.3. The van der Waals surface area contributed by atoms with Crippen molar-refractivity contribution >= 4 is 51.7 Å². The molecule has 1 fully saturated rings. The number of hydrogen-bond acceptors (Lipinski definition) is 10. The van der Waals surface area contributed by atoms with Crippen molar-refractivity contribution in [1.29, 1.82) is 0 Å². The minimum atomic E-state index is -0.395. The lowest BCUT2D eigenvalue weighted by molar-refractivity contribution is 0.0526. The maximum Gasteiger partial charge on any atom is 0.340 e. The fourth-order valence-electron chi connectivity index (χ4n) is 4.18. The first-order valence-electron chi connectivity index (χ1n) is 11.5. The van der Waals surface area contributed by atoms with E-state index in [4.69, 9.17) is 37.5 Å². The van der Waals surface area contributed by atoms with E-state index in [0.717, 1.165) is 11.2 Å². The summed E-state index contributed by atoms with van der Waals surface area (Å²) in [6, 6.07) is 3.73. The van der Waals surface area contributed by atoms with Crippen LogP contribution in [0.4, 0.5) is 17.3 Å². The molecule has 0 aliphatic carbocycles. The molecule has 1 saturated heterocycles. The number of fused-ring (bicyclic) bond motifs is 1. The van der Waals surface area contributed by atoms with Crippen LogP contribution in [0.5, 0.6) is 0 Å². The van der Waals surface area contributed by atoms with Crippen LogP contribution in [0.3, 0.4) is 0 Å². The number of aryl methyl sites for hydroxylation is 2. The third kappa shape index (κ3) is 5.01. The highest BCUT2D eigenvalue weighted by Gasteiger charge is 2.24. The number of Topliss-reactive ketones (excluding diaryl/α,β-unsaturated/α-hetero) is 1. The Labute approximate surface area is 207 Å². The maximum atomic E-state index is 12.8. The molecule has 1 aliphatic rings. The van der Waals surface area contributed by atoms with Crippen molar-refractivity contribution in [1.82, 2.24) is 19.5 Å². The lowest BCUT2D eigenvalue weighted by Gasteiger charge is -2.30. The van der Waals surface area contributed by atoms with E-state index in [9.17, 15) is 9.59 Å². The number of ether oxygens (including phenoxy) is 2. The van der Waals surface area contributed by atoms with E-state index in [0.29, 0.717) is 56.2 Å². The summed E-state index contributed by atoms with van der Waals surface area (Å²) in [6.07, 6.45) is 0.440. The van der Waals surface area contributed by atoms with Gasteiger partial charge in [-0.1, -0.05) is 11.6 Å². The molecule has 0 radical (unpaired) electrons. The second kappa shape index (κ2) is 10.4. The molecule has 186 valence electrons. The van der Waals surface area contributed by atoms with Crippen LogP contribution < -0.4 is 16.4 Å². The van der Waals surface area contributed by atoms with Crippen LogP contribution in [0.1, 0.15) is 46.9 Å². The van der Waals surface area contributed by atoms with E-state index >= 15 is 0 Å². The Balaban J connectivity index is 1.68. The lowest BCUT2D eigenvalue weighted by atomic mass is 10.1. The molecule has 1 aromatic carbocycles. The number of anilines is 3. The Morgan fingerprint density at radius 2 is 1.86 bits per heavy atom. The molecular weight excluding hydrogens is 474 g/mol. The molecule has 4 N–H and O–H groups in total. The normalized spacial score (nSPS) is 13.9. The number of morpholine rings is 1. The van der Waals surface area contributed by atoms with Gasteiger partial charge in [-0.25, -0.2) is 19.7 Å². The van der Waals surface area contributed by atoms with Gasteiger partial charge in [0, 0.05) is 32.5 Å². The van der Waals surface area contributed by atoms with Crippen molar-refractivity contribution < 1.29 is 19.1 Å². The molecule has 3 aromatic rings. The minimum absolute atomic E-state index is 0.0115. The summed E-state index contributed by atoms with van der Waals surface area (Å²) in [5.74, 6) is -0.0873. The Bertz CT molecular complexity index is 1270. The summed E-state index contributed by atoms with van der Waals surface area (Å²) in [5.41, 5.74) is 14.2. The van der Waals surface area contributed by atoms with Crippen molar-refractivity contribution in [3.63, 3.8) is 0 Å². The lowest BCUT2D eigenvalue weighted by Crippen LogP contribution is -2.37. The molecule has 0 saturated carbocycles. The number of carbonyl (C=O) groups excluding carboxylic acids is 2. The number of ketones is 1. The van der Waals surface area contributed by atoms with Gasteiger partial charge in [-0.2, -0.15) is 0 Å². The number of hydrogen-bond donors (Lipinski definition) is 2. The number of esters is 1. The molecule has 4 rings (SSSR count). The predicted molar refractivity (Wildman–Crippen MR) is 133 cm³/mol. The highest BCUT2D eigenvalue weighted by molar-refractivity contribution is 6.31. The summed E-state index contributed by atoms with van der Waals surface area (Å²) in [7, 11) is 0. The Kier molecular flexibility index (Phi) is 7.37. The van der Waals surface area contributed by atoms with Gasteiger partial charge in [-0.3, -0.25) is 4.79 Å². The van der Waals surface area contributed by atoms with Gasteiger partial charge in [0.15, 0.2) is 22.6 Å². The molecule has 1 aliphatic heterocycles. The first-order valence-corrected chi connectivity index (χ1v) is 11.9. The van der Waals surface area contributed by atoms with Gasteiger partial charge in [0.1, 0.15) is 11.5 Å². The van der Waals surface area contributed by atoms with Crippen LogP contribution >= 0.6 is 11.6 Å². The summed E-state index contributed by atoms with van der Waals surface area (Å²) in [5, 5.41) is -0.0644. The van der Waals surface area contributed by atoms with Crippen LogP contribution in [-0.4, -0.2) is 64.2 Å². The zero-order chi connectivity index (χ0) is 25.1. The van der Waals surface area contributed by atoms with E-state index in [2.05, 4.69) is 14.9 Å². The minimum Gasteiger partial charge on any atom is -0.462 e. The Morgan fingerprint density at radius 3 is 2.54 bits per heavy atom. The molecular formula is C23H28ClN7O4. The predicted octanol–water partition coefficient (Wildman–Crippen LogP) is 2.49. The van der Waals surface area contributed by atoms with Crippen molar-refractivity contribution in [2.24, 2.45) is 0 Å². The van der Waals surface area contributed by atoms with Gasteiger partial charge in [0.05, 0.1) is 42.1 Å². The van der Waals surface area contributed by atoms with E-state index in [1.54, 1.807) is 13.0 Å². The van der Waals surface area contributed by atoms with Crippen LogP contribution in [0.25, 0.3) is 11.0 Å². The fourth-order valence-corrected chi connectivity index (χ4v) is 4.31. The number of aromatic nitrogens is 4. The van der Waals surface area contributed by atoms with Crippen molar-refractivity contribution in [3.05, 3.63) is 34.4 Å². The first-order chi connectivity index (χ1) is 16.8. The van der Waals surface area contributed by atoms with Gasteiger partial charge in [-0.05, 0) is 26.0 Å². The topological polar surface area (TPSA) is 151 Å². The number of nitrogens with two attached hydrogens (primary N) is 2. The van der Waals surface area contributed by atoms with Gasteiger partial charge in [0.2, 0.25) is 0 Å². The molecule has 11 nitrogen and oxygen atoms in total. The van der Waals surface area contributed by atoms with Gasteiger partial charge >= 0.3 is 5.97 Å². The summed E-state index contributed by atoms with van der Waals surface area (Å²) >= 11 is 5.92. The largest absolute Gasteiger partial charge is 0.462 e. The zero-order valence-electron chi connectivity index (χ0n) is 19.7. The van der Waals surface area contributed by atoms with E-state index < -0.39 is 5.97 Å². The zero-order valence-corrected chi connectivity index (χ0v) is 20.5. The number of rotatable bonds is 8. The molecule has 0 spiro atoms. The second-order valence-corrected chi connectivity index (χ2v) is 8.36. The molecule has 2 aromatic heterocycles. The number of nitrogen functional groups attached to an aromatic ring is 2. The Morgan fingerprint density at radius 1 is 1.11 bits per heavy atom. The van der Waals surface area contributed by atoms with E-state index in [1.165, 1.54) is 0 Å². The summed E-state index contributed by atoms with van der Waals surface area (Å²) in [6.45, 7) is 7.21. The first kappa shape index (κ1) is 24.7. The number of imidazole rings is 1. The average Bonchev–Trinajstić information content (AvgIpc) is 3.21. The van der Waals surface area contributed by atoms with Crippen LogP contribution in [0.15, 0.2) is 12.1 Å². The molecule has 0 bridgehead atoms. The molecule has 12 heteroatoms. The third-order valence-corrected chi connectivity index (χ3v) is 6.13. The quantitative estimate of drug-likeness (QED) is 0.347. The number of benzene rings is 1. The summed E-state index contributed by atoms with van der Waals surface area (Å²) < 4.78 is 12.8. The van der Waals surface area contributed by atoms with Crippen LogP contribution in [0, 0.1) is 0 Å². The number of carbonyl (C=O) groups is 2. The molecule has 3 heterocycles. The van der Waals surface area contributed by atoms with E-state index in [-0.39, 0.29) is 41.3 Å². The molecule has 0 unspecified atom stereocenters. The molecule has 0 amide bonds. The van der Waals surface area contributed by atoms with Crippen LogP contribution in [-0.2, 0) is 22.4 Å². The number of halogens is 1. The third-order valence-electron chi connectivity index (χ3n) is 5.85. The standard InChI is InChI=1S/C23H28ClN7O4/c1-3-31-16-12-15(30-7-9-34-10-8-30)13(23(33)35-4-2)11-14(16)27-18(31)6-5-17(32)19-21(25)29-22(26)20(24)28-19/h11-12H,3-10H2,1-2H3,(H4,25,26,29). The van der Waals surface area contributed by atoms with Crippen molar-refractivity contribution in [3.8, 4) is 0 Å². The SMILES string of the molecule is CCOC(=O)c1cc2nc(CCC(=O)c3nc(Cl)c(N)nc3N)n(CC)c2cc1N1CCOCC1. The smallest absolute Gasteiger partial charge is 0.340 e. The van der Waals surface area contributed by atoms with Gasteiger partial charge < -0.3 is 30.4 Å². The molecule has 0 atom stereocenters. The monoisotopic (exact) mass is 501 g/mol. The van der Waals surface area contributed by atoms with Crippen molar-refractivity contribution in [2.75, 3.05) is 49.3 Å². The second-order valence-electron chi connectivity index (χ2n) is 8.01. The van der Waals surface area contributed by atoms with E-state index in [1.807, 2.05) is 17.6 Å². The van der Waals surface area contributed by atoms with Crippen LogP contribution in [0.2, 0.25) is 5.15 Å². The molecule has 35 heavy (non-hydrogen) atoms. The highest BCUT2D eigenvalue weighted by atomic mass is 35.5. The van der Waals surface area contributed by atoms with Gasteiger partial charge in [0.25, 0.3) is 0 Å². The van der Waals surface area contributed by atoms with Gasteiger partial charge in [-0.15, -0.1) is 0 Å². The maximum absolute atomic E-state index is 12.8. The Hall–Kier alpha value is -3.44. The average molecular weight is 502 g/mol. The highest BCUT2D eigenvalue weighted by Crippen LogP contribution is 2.30. The van der Waals surface area contributed by atoms with Crippen molar-refractivity contribution in [2.45, 2.75) is 33.2 Å². The fraction of sp³-hybridized carbons (Fsp3) is 0.435.